The number of aliphatic hydroxyl groups excluding tert-OH is 1. The zero-order valence-electron chi connectivity index (χ0n) is 16.7. The summed E-state index contributed by atoms with van der Waals surface area (Å²) in [5.74, 6) is 1.31. The number of likely N-dealkylation sites (tertiary alicyclic amines) is 1. The number of hydrogen-bond donors (Lipinski definition) is 2. The summed E-state index contributed by atoms with van der Waals surface area (Å²) in [6.07, 6.45) is 1.91. The highest BCUT2D eigenvalue weighted by Crippen LogP contribution is 2.29. The van der Waals surface area contributed by atoms with Gasteiger partial charge < -0.3 is 30.1 Å². The molecule has 2 amide bonds. The summed E-state index contributed by atoms with van der Waals surface area (Å²) in [5, 5.41) is 10.2. The molecule has 2 saturated heterocycles. The molecule has 3 N–H and O–H groups in total. The number of carbonyl (C=O) groups is 1. The highest BCUT2D eigenvalue weighted by molar-refractivity contribution is 5.72. The Hall–Kier alpha value is -2.03. The Kier molecular flexibility index (Phi) is 7.36. The Morgan fingerprint density at radius 2 is 1.82 bits per heavy atom. The van der Waals surface area contributed by atoms with E-state index in [2.05, 4.69) is 9.80 Å². The van der Waals surface area contributed by atoms with Gasteiger partial charge in [-0.25, -0.2) is 4.79 Å². The van der Waals surface area contributed by atoms with Crippen molar-refractivity contribution in [2.45, 2.75) is 25.5 Å². The van der Waals surface area contributed by atoms with Crippen molar-refractivity contribution in [3.05, 3.63) is 23.8 Å². The van der Waals surface area contributed by atoms with E-state index in [-0.39, 0.29) is 12.6 Å². The normalized spacial score (nSPS) is 19.6. The highest BCUT2D eigenvalue weighted by Gasteiger charge is 2.20. The van der Waals surface area contributed by atoms with Crippen LogP contribution < -0.4 is 15.2 Å². The van der Waals surface area contributed by atoms with Crippen LogP contribution in [0.1, 0.15) is 18.4 Å². The van der Waals surface area contributed by atoms with Crippen LogP contribution in [-0.4, -0.2) is 91.5 Å². The number of amides is 2. The Morgan fingerprint density at radius 1 is 1.11 bits per heavy atom. The van der Waals surface area contributed by atoms with Crippen LogP contribution in [0, 0.1) is 0 Å². The first-order valence-corrected chi connectivity index (χ1v) is 10.0. The molecule has 28 heavy (non-hydrogen) atoms. The summed E-state index contributed by atoms with van der Waals surface area (Å²) in [6.45, 7) is 6.70. The Morgan fingerprint density at radius 3 is 2.46 bits per heavy atom. The van der Waals surface area contributed by atoms with Gasteiger partial charge in [-0.15, -0.1) is 0 Å². The van der Waals surface area contributed by atoms with Crippen molar-refractivity contribution in [2.75, 3.05) is 59.5 Å². The molecule has 1 atom stereocenters. The van der Waals surface area contributed by atoms with Gasteiger partial charge in [0.05, 0.1) is 7.11 Å². The molecule has 1 aromatic carbocycles. The third-order valence-electron chi connectivity index (χ3n) is 5.42. The van der Waals surface area contributed by atoms with Crippen LogP contribution in [0.25, 0.3) is 0 Å². The van der Waals surface area contributed by atoms with E-state index >= 15 is 0 Å². The number of benzene rings is 1. The molecule has 8 nitrogen and oxygen atoms in total. The van der Waals surface area contributed by atoms with Gasteiger partial charge in [-0.2, -0.15) is 0 Å². The van der Waals surface area contributed by atoms with Crippen molar-refractivity contribution in [1.29, 1.82) is 0 Å². The number of piperazine rings is 1. The maximum absolute atomic E-state index is 11.2. The van der Waals surface area contributed by atoms with Crippen molar-refractivity contribution in [1.82, 2.24) is 14.7 Å². The first kappa shape index (κ1) is 20.7. The van der Waals surface area contributed by atoms with Gasteiger partial charge in [0.1, 0.15) is 12.7 Å². The number of hydrogen-bond acceptors (Lipinski definition) is 6. The Bertz CT molecular complexity index is 643. The number of primary amides is 1. The molecule has 0 unspecified atom stereocenters. The third-order valence-corrected chi connectivity index (χ3v) is 5.42. The predicted octanol–water partition coefficient (Wildman–Crippen LogP) is 0.727. The van der Waals surface area contributed by atoms with Crippen molar-refractivity contribution >= 4 is 6.03 Å². The number of urea groups is 1. The molecule has 156 valence electrons. The number of ether oxygens (including phenoxy) is 2. The predicted molar refractivity (Wildman–Crippen MR) is 107 cm³/mol. The monoisotopic (exact) mass is 392 g/mol. The van der Waals surface area contributed by atoms with E-state index < -0.39 is 6.10 Å². The number of aliphatic hydroxyl groups is 1. The zero-order chi connectivity index (χ0) is 19.9. The molecule has 2 fully saturated rings. The lowest BCUT2D eigenvalue weighted by Gasteiger charge is -2.33. The van der Waals surface area contributed by atoms with Crippen molar-refractivity contribution in [2.24, 2.45) is 5.73 Å². The molecular formula is C20H32N4O4. The second-order valence-corrected chi connectivity index (χ2v) is 7.56. The summed E-state index contributed by atoms with van der Waals surface area (Å²) >= 11 is 0. The maximum atomic E-state index is 11.2. The number of β-amino-alcohol motifs (C(OH)–C–C–N with tert-alkyl or cyclic N) is 1. The average molecular weight is 393 g/mol. The van der Waals surface area contributed by atoms with Gasteiger partial charge in [0, 0.05) is 39.3 Å². The van der Waals surface area contributed by atoms with Gasteiger partial charge >= 0.3 is 6.03 Å². The van der Waals surface area contributed by atoms with E-state index in [9.17, 15) is 9.90 Å². The Balaban J connectivity index is 1.49. The molecule has 2 aliphatic heterocycles. The zero-order valence-corrected chi connectivity index (χ0v) is 16.7. The van der Waals surface area contributed by atoms with Gasteiger partial charge in [-0.1, -0.05) is 6.07 Å². The molecule has 0 radical (unpaired) electrons. The van der Waals surface area contributed by atoms with Crippen LogP contribution in [0.15, 0.2) is 18.2 Å². The average Bonchev–Trinajstić information content (AvgIpc) is 3.20. The van der Waals surface area contributed by atoms with E-state index in [0.717, 1.165) is 38.3 Å². The van der Waals surface area contributed by atoms with Gasteiger partial charge in [0.2, 0.25) is 0 Å². The van der Waals surface area contributed by atoms with Crippen LogP contribution in [0.2, 0.25) is 0 Å². The van der Waals surface area contributed by atoms with Crippen molar-refractivity contribution < 1.29 is 19.4 Å². The minimum absolute atomic E-state index is 0.251. The highest BCUT2D eigenvalue weighted by atomic mass is 16.5. The summed E-state index contributed by atoms with van der Waals surface area (Å²) in [7, 11) is 1.62. The van der Waals surface area contributed by atoms with Gasteiger partial charge in [-0.05, 0) is 43.6 Å². The molecular weight excluding hydrogens is 360 g/mol. The minimum Gasteiger partial charge on any atom is -0.493 e. The summed E-state index contributed by atoms with van der Waals surface area (Å²) in [4.78, 5) is 17.4. The first-order chi connectivity index (χ1) is 13.5. The van der Waals surface area contributed by atoms with Crippen LogP contribution >= 0.6 is 0 Å². The topological polar surface area (TPSA) is 91.5 Å². The van der Waals surface area contributed by atoms with Crippen LogP contribution in [0.4, 0.5) is 4.79 Å². The molecule has 8 heteroatoms. The number of carbonyl (C=O) groups excluding carboxylic acids is 1. The molecule has 0 aromatic heterocycles. The van der Waals surface area contributed by atoms with Crippen molar-refractivity contribution in [3.8, 4) is 11.5 Å². The summed E-state index contributed by atoms with van der Waals surface area (Å²) in [5.41, 5.74) is 6.45. The number of methoxy groups -OCH3 is 1. The maximum Gasteiger partial charge on any atom is 0.314 e. The fourth-order valence-electron chi connectivity index (χ4n) is 3.82. The molecule has 3 rings (SSSR count). The SMILES string of the molecule is COc1cc(CN2CCN(C(N)=O)CC2)ccc1OC[C@@H](O)CN1CCCC1. The lowest BCUT2D eigenvalue weighted by Crippen LogP contribution is -2.50. The minimum atomic E-state index is -0.510. The number of nitrogens with two attached hydrogens (primary N) is 1. The Labute approximate surface area is 166 Å². The van der Waals surface area contributed by atoms with E-state index in [0.29, 0.717) is 31.1 Å². The molecule has 0 aliphatic carbocycles. The molecule has 0 spiro atoms. The second-order valence-electron chi connectivity index (χ2n) is 7.56. The molecule has 0 saturated carbocycles. The lowest BCUT2D eigenvalue weighted by molar-refractivity contribution is 0.0747. The van der Waals surface area contributed by atoms with Gasteiger partial charge in [-0.3, -0.25) is 4.90 Å². The van der Waals surface area contributed by atoms with E-state index in [4.69, 9.17) is 15.2 Å². The first-order valence-electron chi connectivity index (χ1n) is 10.0. The van der Waals surface area contributed by atoms with E-state index in [1.165, 1.54) is 12.8 Å². The fourth-order valence-corrected chi connectivity index (χ4v) is 3.82. The molecule has 2 aliphatic rings. The standard InChI is InChI=1S/C20H32N4O4/c1-27-19-12-16(13-23-8-10-24(11-9-23)20(21)26)4-5-18(19)28-15-17(25)14-22-6-2-3-7-22/h4-5,12,17,25H,2-3,6-11,13-15H2,1H3,(H2,21,26)/t17-/m0/s1. The third kappa shape index (κ3) is 5.73. The largest absolute Gasteiger partial charge is 0.493 e. The van der Waals surface area contributed by atoms with Crippen LogP contribution in [0.3, 0.4) is 0 Å². The second kappa shape index (κ2) is 9.95. The summed E-state index contributed by atoms with van der Waals surface area (Å²) in [6, 6.07) is 5.54. The van der Waals surface area contributed by atoms with E-state index in [1.807, 2.05) is 18.2 Å². The molecule has 2 heterocycles. The van der Waals surface area contributed by atoms with Crippen molar-refractivity contribution in [3.63, 3.8) is 0 Å². The number of nitrogens with zero attached hydrogens (tertiary/aromatic N) is 3. The molecule has 0 bridgehead atoms. The van der Waals surface area contributed by atoms with Crippen LogP contribution in [-0.2, 0) is 6.54 Å². The fraction of sp³-hybridized carbons (Fsp3) is 0.650. The lowest BCUT2D eigenvalue weighted by atomic mass is 10.1. The summed E-state index contributed by atoms with van der Waals surface area (Å²) < 4.78 is 11.3. The quantitative estimate of drug-likeness (QED) is 0.678. The molecule has 1 aromatic rings. The van der Waals surface area contributed by atoms with E-state index in [1.54, 1.807) is 12.0 Å². The number of rotatable bonds is 8. The smallest absolute Gasteiger partial charge is 0.314 e. The van der Waals surface area contributed by atoms with Crippen LogP contribution in [0.5, 0.6) is 11.5 Å². The van der Waals surface area contributed by atoms with Gasteiger partial charge in [0.15, 0.2) is 11.5 Å². The van der Waals surface area contributed by atoms with Gasteiger partial charge in [0.25, 0.3) is 0 Å².